The largest absolute Gasteiger partial charge is 0.390 e. The van der Waals surface area contributed by atoms with E-state index in [9.17, 15) is 8.78 Å². The first-order chi connectivity index (χ1) is 6.08. The summed E-state index contributed by atoms with van der Waals surface area (Å²) in [7, 11) is 0. The minimum Gasteiger partial charge on any atom is -0.390 e. The molecule has 0 aliphatic heterocycles. The molecule has 1 rings (SSSR count). The molecular formula is C8H11ClF2N2O. The van der Waals surface area contributed by atoms with Crippen LogP contribution in [0.25, 0.3) is 0 Å². The molecule has 0 aromatic carbocycles. The lowest BCUT2D eigenvalue weighted by Crippen LogP contribution is -2.36. The Kier molecular flexibility index (Phi) is 4.90. The molecule has 0 spiro atoms. The maximum Gasteiger partial charge on any atom is 0.291 e. The number of alkyl halides is 2. The lowest BCUT2D eigenvalue weighted by Gasteiger charge is -2.20. The van der Waals surface area contributed by atoms with Crippen LogP contribution in [0, 0.1) is 0 Å². The van der Waals surface area contributed by atoms with E-state index in [2.05, 4.69) is 4.98 Å². The van der Waals surface area contributed by atoms with Crippen LogP contribution in [-0.4, -0.2) is 22.6 Å². The van der Waals surface area contributed by atoms with Gasteiger partial charge in [0, 0.05) is 6.20 Å². The van der Waals surface area contributed by atoms with Crippen LogP contribution in [0.5, 0.6) is 0 Å². The van der Waals surface area contributed by atoms with E-state index in [-0.39, 0.29) is 18.1 Å². The Morgan fingerprint density at radius 2 is 2.14 bits per heavy atom. The van der Waals surface area contributed by atoms with Crippen LogP contribution in [-0.2, 0) is 0 Å². The third-order valence-corrected chi connectivity index (χ3v) is 1.67. The fraction of sp³-hybridized carbons (Fsp3) is 0.375. The number of nitrogens with two attached hydrogens (primary N) is 1. The maximum absolute atomic E-state index is 12.8. The van der Waals surface area contributed by atoms with E-state index >= 15 is 0 Å². The molecule has 0 saturated carbocycles. The van der Waals surface area contributed by atoms with Gasteiger partial charge in [-0.05, 0) is 12.1 Å². The summed E-state index contributed by atoms with van der Waals surface area (Å²) in [6, 6.07) is 3.01. The van der Waals surface area contributed by atoms with E-state index in [1.807, 2.05) is 0 Å². The van der Waals surface area contributed by atoms with Gasteiger partial charge in [-0.2, -0.15) is 0 Å². The number of aliphatic hydroxyl groups excluding tert-OH is 1. The van der Waals surface area contributed by atoms with E-state index in [4.69, 9.17) is 10.8 Å². The summed E-state index contributed by atoms with van der Waals surface area (Å²) in [4.78, 5) is 3.68. The van der Waals surface area contributed by atoms with Crippen LogP contribution in [0.2, 0.25) is 0 Å². The van der Waals surface area contributed by atoms with Crippen molar-refractivity contribution < 1.29 is 13.9 Å². The molecule has 1 heterocycles. The molecule has 0 aliphatic carbocycles. The summed E-state index contributed by atoms with van der Waals surface area (Å²) in [5, 5.41) is 8.37. The molecule has 0 amide bonds. The van der Waals surface area contributed by atoms with Crippen LogP contribution < -0.4 is 5.73 Å². The summed E-state index contributed by atoms with van der Waals surface area (Å²) in [5.74, 6) is -3.33. The topological polar surface area (TPSA) is 59.1 Å². The second kappa shape index (κ2) is 5.19. The van der Waals surface area contributed by atoms with Crippen molar-refractivity contribution in [2.45, 2.75) is 12.0 Å². The fourth-order valence-corrected chi connectivity index (χ4v) is 0.875. The molecule has 14 heavy (non-hydrogen) atoms. The molecule has 0 bridgehead atoms. The second-order valence-corrected chi connectivity index (χ2v) is 2.65. The summed E-state index contributed by atoms with van der Waals surface area (Å²) in [6.45, 7) is -1.27. The zero-order chi connectivity index (χ0) is 9.90. The summed E-state index contributed by atoms with van der Waals surface area (Å²) < 4.78 is 25.6. The summed E-state index contributed by atoms with van der Waals surface area (Å²) in [5.41, 5.74) is 5.28. The van der Waals surface area contributed by atoms with Crippen LogP contribution in [0.4, 0.5) is 8.78 Å². The molecule has 0 aliphatic rings. The van der Waals surface area contributed by atoms with Crippen molar-refractivity contribution in [1.82, 2.24) is 4.98 Å². The van der Waals surface area contributed by atoms with Crippen molar-refractivity contribution in [3.63, 3.8) is 0 Å². The van der Waals surface area contributed by atoms with Gasteiger partial charge in [0.1, 0.15) is 12.6 Å². The average molecular weight is 225 g/mol. The van der Waals surface area contributed by atoms with Gasteiger partial charge in [0.25, 0.3) is 5.92 Å². The Morgan fingerprint density at radius 1 is 1.50 bits per heavy atom. The van der Waals surface area contributed by atoms with Crippen molar-refractivity contribution in [3.8, 4) is 0 Å². The number of hydrogen-bond acceptors (Lipinski definition) is 3. The zero-order valence-electron chi connectivity index (χ0n) is 7.23. The van der Waals surface area contributed by atoms with E-state index in [0.717, 1.165) is 0 Å². The highest BCUT2D eigenvalue weighted by atomic mass is 35.5. The molecule has 0 unspecified atom stereocenters. The van der Waals surface area contributed by atoms with Crippen LogP contribution in [0.3, 0.4) is 0 Å². The van der Waals surface area contributed by atoms with E-state index in [0.29, 0.717) is 0 Å². The SMILES string of the molecule is Cl.N[C@H](c1ccccn1)C(F)(F)CO. The van der Waals surface area contributed by atoms with Crippen LogP contribution in [0.1, 0.15) is 11.7 Å². The number of nitrogens with zero attached hydrogens (tertiary/aromatic N) is 1. The predicted octanol–water partition coefficient (Wildman–Crippen LogP) is 1.13. The summed E-state index contributed by atoms with van der Waals surface area (Å²) >= 11 is 0. The van der Waals surface area contributed by atoms with Crippen molar-refractivity contribution >= 4 is 12.4 Å². The second-order valence-electron chi connectivity index (χ2n) is 2.65. The molecule has 6 heteroatoms. The maximum atomic E-state index is 12.8. The van der Waals surface area contributed by atoms with E-state index in [1.54, 1.807) is 12.1 Å². The number of pyridine rings is 1. The van der Waals surface area contributed by atoms with Gasteiger partial charge in [-0.25, -0.2) is 8.78 Å². The smallest absolute Gasteiger partial charge is 0.291 e. The molecule has 0 fully saturated rings. The first-order valence-electron chi connectivity index (χ1n) is 3.73. The lowest BCUT2D eigenvalue weighted by molar-refractivity contribution is -0.0721. The standard InChI is InChI=1S/C8H10F2N2O.ClH/c9-8(10,5-13)7(11)6-3-1-2-4-12-6;/h1-4,7,13H,5,11H2;1H/t7-;/m1./s1. The van der Waals surface area contributed by atoms with Gasteiger partial charge in [0.15, 0.2) is 0 Å². The third kappa shape index (κ3) is 2.87. The molecule has 0 saturated heterocycles. The normalized spacial score (nSPS) is 13.1. The van der Waals surface area contributed by atoms with Crippen molar-refractivity contribution in [1.29, 1.82) is 0 Å². The minimum atomic E-state index is -3.33. The third-order valence-electron chi connectivity index (χ3n) is 1.67. The van der Waals surface area contributed by atoms with Crippen LogP contribution in [0.15, 0.2) is 24.4 Å². The zero-order valence-corrected chi connectivity index (χ0v) is 8.05. The lowest BCUT2D eigenvalue weighted by atomic mass is 10.1. The fourth-order valence-electron chi connectivity index (χ4n) is 0.875. The molecule has 3 N–H and O–H groups in total. The first kappa shape index (κ1) is 13.2. The van der Waals surface area contributed by atoms with Gasteiger partial charge in [-0.3, -0.25) is 4.98 Å². The molecule has 1 atom stereocenters. The molecule has 1 aromatic rings. The first-order valence-corrected chi connectivity index (χ1v) is 3.73. The van der Waals surface area contributed by atoms with Gasteiger partial charge < -0.3 is 10.8 Å². The molecule has 80 valence electrons. The van der Waals surface area contributed by atoms with Crippen LogP contribution >= 0.6 is 12.4 Å². The van der Waals surface area contributed by atoms with Gasteiger partial charge in [0.2, 0.25) is 0 Å². The number of halogens is 3. The van der Waals surface area contributed by atoms with Crippen molar-refractivity contribution in [2.24, 2.45) is 5.73 Å². The van der Waals surface area contributed by atoms with Gasteiger partial charge in [0.05, 0.1) is 5.69 Å². The molecule has 1 aromatic heterocycles. The number of rotatable bonds is 3. The predicted molar refractivity (Wildman–Crippen MR) is 50.4 cm³/mol. The van der Waals surface area contributed by atoms with Crippen molar-refractivity contribution in [3.05, 3.63) is 30.1 Å². The Hall–Kier alpha value is -0.780. The van der Waals surface area contributed by atoms with E-state index in [1.165, 1.54) is 12.3 Å². The average Bonchev–Trinajstić information content (AvgIpc) is 2.18. The highest BCUT2D eigenvalue weighted by molar-refractivity contribution is 5.85. The number of aliphatic hydroxyl groups is 1. The highest BCUT2D eigenvalue weighted by Crippen LogP contribution is 2.26. The van der Waals surface area contributed by atoms with E-state index < -0.39 is 18.6 Å². The minimum absolute atomic E-state index is 0. The van der Waals surface area contributed by atoms with Crippen molar-refractivity contribution in [2.75, 3.05) is 6.61 Å². The number of aromatic nitrogens is 1. The monoisotopic (exact) mass is 224 g/mol. The number of hydrogen-bond donors (Lipinski definition) is 2. The Balaban J connectivity index is 0.00000169. The van der Waals surface area contributed by atoms with Gasteiger partial charge >= 0.3 is 0 Å². The molecular weight excluding hydrogens is 214 g/mol. The van der Waals surface area contributed by atoms with Gasteiger partial charge in [-0.1, -0.05) is 6.07 Å². The molecule has 0 radical (unpaired) electrons. The highest BCUT2D eigenvalue weighted by Gasteiger charge is 2.37. The Bertz CT molecular complexity index is 271. The summed E-state index contributed by atoms with van der Waals surface area (Å²) in [6.07, 6.45) is 1.38. The molecule has 3 nitrogen and oxygen atoms in total. The Labute approximate surface area is 86.4 Å². The Morgan fingerprint density at radius 3 is 2.57 bits per heavy atom. The quantitative estimate of drug-likeness (QED) is 0.809. The van der Waals surface area contributed by atoms with Gasteiger partial charge in [-0.15, -0.1) is 12.4 Å².